The van der Waals surface area contributed by atoms with Gasteiger partial charge < -0.3 is 15.4 Å². The second kappa shape index (κ2) is 7.18. The van der Waals surface area contributed by atoms with E-state index in [0.29, 0.717) is 13.2 Å². The molecule has 1 aliphatic heterocycles. The summed E-state index contributed by atoms with van der Waals surface area (Å²) in [6.07, 6.45) is 1.64. The van der Waals surface area contributed by atoms with Crippen molar-refractivity contribution in [1.82, 2.24) is 10.6 Å². The maximum Gasteiger partial charge on any atom is 0.315 e. The van der Waals surface area contributed by atoms with Crippen molar-refractivity contribution in [3.8, 4) is 5.75 Å². The highest BCUT2D eigenvalue weighted by molar-refractivity contribution is 5.74. The van der Waals surface area contributed by atoms with Gasteiger partial charge in [-0.3, -0.25) is 0 Å². The van der Waals surface area contributed by atoms with Crippen LogP contribution in [0, 0.1) is 6.92 Å². The van der Waals surface area contributed by atoms with Gasteiger partial charge in [-0.2, -0.15) is 0 Å². The van der Waals surface area contributed by atoms with Crippen LogP contribution in [-0.2, 0) is 12.8 Å². The Balaban J connectivity index is 1.42. The molecule has 4 heteroatoms. The van der Waals surface area contributed by atoms with Crippen LogP contribution in [0.15, 0.2) is 48.5 Å². The zero-order valence-corrected chi connectivity index (χ0v) is 13.3. The van der Waals surface area contributed by atoms with Gasteiger partial charge in [-0.25, -0.2) is 4.79 Å². The average Bonchev–Trinajstić information content (AvgIpc) is 2.56. The lowest BCUT2D eigenvalue weighted by molar-refractivity contribution is 0.214. The number of aryl methyl sites for hydroxylation is 1. The van der Waals surface area contributed by atoms with Crippen LogP contribution in [0.3, 0.4) is 0 Å². The van der Waals surface area contributed by atoms with Gasteiger partial charge in [0.1, 0.15) is 12.4 Å². The van der Waals surface area contributed by atoms with Gasteiger partial charge in [-0.05, 0) is 37.0 Å². The third-order valence-corrected chi connectivity index (χ3v) is 4.03. The van der Waals surface area contributed by atoms with E-state index in [1.165, 1.54) is 11.1 Å². The molecule has 2 N–H and O–H groups in total. The van der Waals surface area contributed by atoms with Gasteiger partial charge in [-0.15, -0.1) is 0 Å². The quantitative estimate of drug-likeness (QED) is 0.912. The predicted molar refractivity (Wildman–Crippen MR) is 90.8 cm³/mol. The minimum Gasteiger partial charge on any atom is -0.491 e. The summed E-state index contributed by atoms with van der Waals surface area (Å²) < 4.78 is 5.68. The molecule has 0 saturated heterocycles. The van der Waals surface area contributed by atoms with Gasteiger partial charge in [0.15, 0.2) is 0 Å². The standard InChI is InChI=1S/C19H22N2O2/c1-14-6-8-15(9-7-14)10-11-20-19(22)21-17-12-16-4-2-3-5-18(16)23-13-17/h2-9,17H,10-13H2,1H3,(H2,20,21,22)/t17-/m1/s1. The van der Waals surface area contributed by atoms with Crippen LogP contribution in [0.2, 0.25) is 0 Å². The summed E-state index contributed by atoms with van der Waals surface area (Å²) in [5.41, 5.74) is 3.62. The van der Waals surface area contributed by atoms with Crippen molar-refractivity contribution in [3.63, 3.8) is 0 Å². The summed E-state index contributed by atoms with van der Waals surface area (Å²) >= 11 is 0. The summed E-state index contributed by atoms with van der Waals surface area (Å²) in [5.74, 6) is 0.922. The fourth-order valence-corrected chi connectivity index (χ4v) is 2.73. The number of nitrogens with one attached hydrogen (secondary N) is 2. The number of rotatable bonds is 4. The molecular formula is C19H22N2O2. The van der Waals surface area contributed by atoms with Crippen LogP contribution in [0.5, 0.6) is 5.75 Å². The third-order valence-electron chi connectivity index (χ3n) is 4.03. The lowest BCUT2D eigenvalue weighted by atomic mass is 10.0. The molecule has 1 heterocycles. The summed E-state index contributed by atoms with van der Waals surface area (Å²) in [6.45, 7) is 3.21. The molecule has 0 bridgehead atoms. The Morgan fingerprint density at radius 2 is 1.96 bits per heavy atom. The summed E-state index contributed by atoms with van der Waals surface area (Å²) in [5, 5.41) is 5.89. The highest BCUT2D eigenvalue weighted by Gasteiger charge is 2.20. The molecule has 1 atom stereocenters. The van der Waals surface area contributed by atoms with E-state index in [1.54, 1.807) is 0 Å². The van der Waals surface area contributed by atoms with Crippen LogP contribution >= 0.6 is 0 Å². The minimum atomic E-state index is -0.134. The first-order chi connectivity index (χ1) is 11.2. The molecule has 1 aliphatic rings. The number of amides is 2. The number of ether oxygens (including phenoxy) is 1. The van der Waals surface area contributed by atoms with Gasteiger partial charge >= 0.3 is 6.03 Å². The van der Waals surface area contributed by atoms with Gasteiger partial charge in [-0.1, -0.05) is 48.0 Å². The van der Waals surface area contributed by atoms with Crippen molar-refractivity contribution >= 4 is 6.03 Å². The van der Waals surface area contributed by atoms with Crippen molar-refractivity contribution in [3.05, 3.63) is 65.2 Å². The zero-order chi connectivity index (χ0) is 16.1. The number of fused-ring (bicyclic) bond motifs is 1. The first-order valence-corrected chi connectivity index (χ1v) is 8.01. The van der Waals surface area contributed by atoms with E-state index in [1.807, 2.05) is 24.3 Å². The van der Waals surface area contributed by atoms with Gasteiger partial charge in [0.2, 0.25) is 0 Å². The van der Waals surface area contributed by atoms with Gasteiger partial charge in [0.05, 0.1) is 6.04 Å². The summed E-state index contributed by atoms with van der Waals surface area (Å²) in [4.78, 5) is 12.0. The average molecular weight is 310 g/mol. The summed E-state index contributed by atoms with van der Waals surface area (Å²) in [7, 11) is 0. The van der Waals surface area contributed by atoms with Crippen molar-refractivity contribution in [2.45, 2.75) is 25.8 Å². The number of hydrogen-bond donors (Lipinski definition) is 2. The molecule has 2 amide bonds. The number of hydrogen-bond acceptors (Lipinski definition) is 2. The van der Waals surface area contributed by atoms with E-state index in [-0.39, 0.29) is 12.1 Å². The third kappa shape index (κ3) is 4.25. The Labute approximate surface area is 136 Å². The largest absolute Gasteiger partial charge is 0.491 e. The Bertz CT molecular complexity index is 667. The van der Waals surface area contributed by atoms with Crippen LogP contribution in [0.4, 0.5) is 4.79 Å². The molecule has 0 fully saturated rings. The number of para-hydroxylation sites is 1. The molecule has 4 nitrogen and oxygen atoms in total. The normalized spacial score (nSPS) is 16.1. The first kappa shape index (κ1) is 15.4. The lowest BCUT2D eigenvalue weighted by Gasteiger charge is -2.26. The molecule has 0 aromatic heterocycles. The maximum absolute atomic E-state index is 12.0. The van der Waals surface area contributed by atoms with Crippen LogP contribution in [0.25, 0.3) is 0 Å². The van der Waals surface area contributed by atoms with Crippen LogP contribution in [-0.4, -0.2) is 25.2 Å². The highest BCUT2D eigenvalue weighted by atomic mass is 16.5. The van der Waals surface area contributed by atoms with Crippen molar-refractivity contribution in [2.24, 2.45) is 0 Å². The zero-order valence-electron chi connectivity index (χ0n) is 13.3. The fraction of sp³-hybridized carbons (Fsp3) is 0.316. The maximum atomic E-state index is 12.0. The topological polar surface area (TPSA) is 50.4 Å². The molecule has 0 radical (unpaired) electrons. The number of benzene rings is 2. The van der Waals surface area contributed by atoms with Crippen LogP contribution in [0.1, 0.15) is 16.7 Å². The molecule has 2 aromatic rings. The van der Waals surface area contributed by atoms with Crippen molar-refractivity contribution in [1.29, 1.82) is 0 Å². The Morgan fingerprint density at radius 1 is 1.17 bits per heavy atom. The Kier molecular flexibility index (Phi) is 4.81. The molecular weight excluding hydrogens is 288 g/mol. The molecule has 0 saturated carbocycles. The second-order valence-electron chi connectivity index (χ2n) is 5.96. The minimum absolute atomic E-state index is 0.0178. The van der Waals surface area contributed by atoms with Crippen molar-refractivity contribution in [2.75, 3.05) is 13.2 Å². The molecule has 120 valence electrons. The van der Waals surface area contributed by atoms with E-state index >= 15 is 0 Å². The predicted octanol–water partition coefficient (Wildman–Crippen LogP) is 2.84. The van der Waals surface area contributed by atoms with E-state index in [2.05, 4.69) is 41.8 Å². The monoisotopic (exact) mass is 310 g/mol. The molecule has 3 rings (SSSR count). The van der Waals surface area contributed by atoms with E-state index in [9.17, 15) is 4.79 Å². The second-order valence-corrected chi connectivity index (χ2v) is 5.96. The van der Waals surface area contributed by atoms with Crippen molar-refractivity contribution < 1.29 is 9.53 Å². The molecule has 0 unspecified atom stereocenters. The number of carbonyl (C=O) groups is 1. The number of urea groups is 1. The van der Waals surface area contributed by atoms with E-state index < -0.39 is 0 Å². The lowest BCUT2D eigenvalue weighted by Crippen LogP contribution is -2.47. The fourth-order valence-electron chi connectivity index (χ4n) is 2.73. The van der Waals surface area contributed by atoms with E-state index in [4.69, 9.17) is 4.74 Å². The summed E-state index contributed by atoms with van der Waals surface area (Å²) in [6, 6.07) is 16.2. The number of carbonyl (C=O) groups excluding carboxylic acids is 1. The van der Waals surface area contributed by atoms with Gasteiger partial charge in [0, 0.05) is 6.54 Å². The molecule has 23 heavy (non-hydrogen) atoms. The Hall–Kier alpha value is -2.49. The first-order valence-electron chi connectivity index (χ1n) is 8.01. The molecule has 2 aromatic carbocycles. The van der Waals surface area contributed by atoms with Gasteiger partial charge in [0.25, 0.3) is 0 Å². The SMILES string of the molecule is Cc1ccc(CCNC(=O)N[C@H]2COc3ccccc3C2)cc1. The molecule has 0 aliphatic carbocycles. The molecule has 0 spiro atoms. The van der Waals surface area contributed by atoms with E-state index in [0.717, 1.165) is 24.2 Å². The Morgan fingerprint density at radius 3 is 2.78 bits per heavy atom. The highest BCUT2D eigenvalue weighted by Crippen LogP contribution is 2.23. The smallest absolute Gasteiger partial charge is 0.315 e. The van der Waals surface area contributed by atoms with Crippen LogP contribution < -0.4 is 15.4 Å².